The first-order valence-corrected chi connectivity index (χ1v) is 9.09. The van der Waals surface area contributed by atoms with E-state index in [2.05, 4.69) is 15.3 Å². The van der Waals surface area contributed by atoms with Crippen molar-refractivity contribution < 1.29 is 9.18 Å². The van der Waals surface area contributed by atoms with Crippen LogP contribution in [0.15, 0.2) is 59.6 Å². The molecule has 0 bridgehead atoms. The quantitative estimate of drug-likeness (QED) is 0.528. The molecule has 1 amide bonds. The Kier molecular flexibility index (Phi) is 5.63. The molecule has 0 saturated heterocycles. The molecule has 2 aromatic carbocycles. The van der Waals surface area contributed by atoms with Gasteiger partial charge in [0, 0.05) is 16.9 Å². The molecule has 0 atom stereocenters. The van der Waals surface area contributed by atoms with E-state index in [4.69, 9.17) is 0 Å². The summed E-state index contributed by atoms with van der Waals surface area (Å²) >= 11 is 1.32. The zero-order chi connectivity index (χ0) is 18.5. The number of nitrogens with zero attached hydrogens (tertiary/aromatic N) is 2. The Morgan fingerprint density at radius 3 is 2.65 bits per heavy atom. The lowest BCUT2D eigenvalue weighted by molar-refractivity contribution is -0.113. The fraction of sp³-hybridized carbons (Fsp3) is 0.150. The van der Waals surface area contributed by atoms with E-state index in [1.807, 2.05) is 44.2 Å². The lowest BCUT2D eigenvalue weighted by Crippen LogP contribution is -2.14. The van der Waals surface area contributed by atoms with Crippen LogP contribution in [0.1, 0.15) is 11.3 Å². The number of amides is 1. The second-order valence-corrected chi connectivity index (χ2v) is 6.88. The molecule has 0 aliphatic carbocycles. The number of nitrogens with one attached hydrogen (secondary N) is 1. The van der Waals surface area contributed by atoms with E-state index < -0.39 is 0 Å². The normalized spacial score (nSPS) is 10.6. The van der Waals surface area contributed by atoms with E-state index >= 15 is 0 Å². The minimum absolute atomic E-state index is 0.107. The number of thioether (sulfide) groups is 1. The summed E-state index contributed by atoms with van der Waals surface area (Å²) in [5.41, 5.74) is 3.23. The second kappa shape index (κ2) is 8.10. The van der Waals surface area contributed by atoms with Gasteiger partial charge in [0.15, 0.2) is 5.82 Å². The van der Waals surface area contributed by atoms with Crippen LogP contribution in [0.25, 0.3) is 11.4 Å². The van der Waals surface area contributed by atoms with Crippen molar-refractivity contribution in [2.45, 2.75) is 18.9 Å². The minimum Gasteiger partial charge on any atom is -0.325 e. The van der Waals surface area contributed by atoms with Crippen LogP contribution in [0.4, 0.5) is 10.1 Å². The summed E-state index contributed by atoms with van der Waals surface area (Å²) in [6.45, 7) is 3.82. The summed E-state index contributed by atoms with van der Waals surface area (Å²) < 4.78 is 13.4. The van der Waals surface area contributed by atoms with E-state index in [0.717, 1.165) is 16.9 Å². The van der Waals surface area contributed by atoms with Gasteiger partial charge in [0.05, 0.1) is 5.75 Å². The van der Waals surface area contributed by atoms with Crippen molar-refractivity contribution in [3.63, 3.8) is 0 Å². The average Bonchev–Trinajstić information content (AvgIpc) is 2.59. The van der Waals surface area contributed by atoms with Gasteiger partial charge in [-0.3, -0.25) is 4.79 Å². The van der Waals surface area contributed by atoms with Crippen molar-refractivity contribution in [2.75, 3.05) is 11.1 Å². The van der Waals surface area contributed by atoms with E-state index in [0.29, 0.717) is 16.4 Å². The molecule has 1 heterocycles. The van der Waals surface area contributed by atoms with Crippen LogP contribution in [-0.2, 0) is 4.79 Å². The number of hydrogen-bond donors (Lipinski definition) is 1. The molecule has 0 unspecified atom stereocenters. The number of benzene rings is 2. The molecular formula is C20H18FN3OS. The van der Waals surface area contributed by atoms with Crippen LogP contribution in [0.5, 0.6) is 0 Å². The van der Waals surface area contributed by atoms with Crippen molar-refractivity contribution >= 4 is 23.4 Å². The molecule has 0 radical (unpaired) electrons. The number of aryl methyl sites for hydroxylation is 2. The van der Waals surface area contributed by atoms with Crippen molar-refractivity contribution in [1.82, 2.24) is 9.97 Å². The van der Waals surface area contributed by atoms with Gasteiger partial charge >= 0.3 is 0 Å². The van der Waals surface area contributed by atoms with Gasteiger partial charge in [-0.2, -0.15) is 0 Å². The summed E-state index contributed by atoms with van der Waals surface area (Å²) in [6, 6.07) is 15.6. The highest BCUT2D eigenvalue weighted by Crippen LogP contribution is 2.22. The molecule has 1 aromatic heterocycles. The van der Waals surface area contributed by atoms with E-state index in [9.17, 15) is 9.18 Å². The second-order valence-electron chi connectivity index (χ2n) is 5.89. The topological polar surface area (TPSA) is 54.9 Å². The predicted octanol–water partition coefficient (Wildman–Crippen LogP) is 4.63. The number of anilines is 1. The first kappa shape index (κ1) is 18.1. The third-order valence-electron chi connectivity index (χ3n) is 3.57. The third kappa shape index (κ3) is 4.89. The molecule has 0 aliphatic rings. The number of aromatic nitrogens is 2. The maximum atomic E-state index is 13.4. The lowest BCUT2D eigenvalue weighted by Gasteiger charge is -2.07. The largest absolute Gasteiger partial charge is 0.325 e. The monoisotopic (exact) mass is 367 g/mol. The van der Waals surface area contributed by atoms with Crippen LogP contribution < -0.4 is 5.32 Å². The van der Waals surface area contributed by atoms with Gasteiger partial charge in [0.25, 0.3) is 0 Å². The number of carbonyl (C=O) groups excluding carboxylic acids is 1. The highest BCUT2D eigenvalue weighted by Gasteiger charge is 2.09. The highest BCUT2D eigenvalue weighted by atomic mass is 32.2. The summed E-state index contributed by atoms with van der Waals surface area (Å²) in [7, 11) is 0. The van der Waals surface area contributed by atoms with Gasteiger partial charge in [-0.1, -0.05) is 36.0 Å². The van der Waals surface area contributed by atoms with Gasteiger partial charge in [0.2, 0.25) is 5.91 Å². The Morgan fingerprint density at radius 2 is 1.88 bits per heavy atom. The zero-order valence-corrected chi connectivity index (χ0v) is 15.3. The summed E-state index contributed by atoms with van der Waals surface area (Å²) in [6.07, 6.45) is 0. The molecule has 6 heteroatoms. The average molecular weight is 367 g/mol. The Bertz CT molecular complexity index is 946. The Labute approximate surface area is 155 Å². The maximum Gasteiger partial charge on any atom is 0.234 e. The molecule has 132 valence electrons. The van der Waals surface area contributed by atoms with E-state index in [1.165, 1.54) is 23.9 Å². The third-order valence-corrected chi connectivity index (χ3v) is 4.48. The molecule has 3 aromatic rings. The van der Waals surface area contributed by atoms with Crippen LogP contribution in [0.3, 0.4) is 0 Å². The number of rotatable bonds is 5. The van der Waals surface area contributed by atoms with Crippen LogP contribution in [-0.4, -0.2) is 21.6 Å². The smallest absolute Gasteiger partial charge is 0.234 e. The number of hydrogen-bond acceptors (Lipinski definition) is 4. The highest BCUT2D eigenvalue weighted by molar-refractivity contribution is 7.99. The fourth-order valence-corrected chi connectivity index (χ4v) is 3.19. The summed E-state index contributed by atoms with van der Waals surface area (Å²) in [5.74, 6) is 0.238. The first-order valence-electron chi connectivity index (χ1n) is 8.10. The first-order chi connectivity index (χ1) is 12.5. The number of carbonyl (C=O) groups is 1. The van der Waals surface area contributed by atoms with Crippen molar-refractivity contribution in [1.29, 1.82) is 0 Å². The van der Waals surface area contributed by atoms with Crippen LogP contribution in [0.2, 0.25) is 0 Å². The SMILES string of the molecule is Cc1cccc(NC(=O)CSc2cc(C)nc(-c3cccc(F)c3)n2)c1. The van der Waals surface area contributed by atoms with E-state index in [-0.39, 0.29) is 17.5 Å². The lowest BCUT2D eigenvalue weighted by atomic mass is 10.2. The van der Waals surface area contributed by atoms with Gasteiger partial charge in [-0.05, 0) is 49.7 Å². The van der Waals surface area contributed by atoms with Crippen molar-refractivity contribution in [2.24, 2.45) is 0 Å². The standard InChI is InChI=1S/C20H18FN3OS/c1-13-5-3-8-17(9-13)23-18(25)12-26-19-10-14(2)22-20(24-19)15-6-4-7-16(21)11-15/h3-11H,12H2,1-2H3,(H,23,25). The van der Waals surface area contributed by atoms with Crippen molar-refractivity contribution in [3.8, 4) is 11.4 Å². The summed E-state index contributed by atoms with van der Waals surface area (Å²) in [4.78, 5) is 21.0. The van der Waals surface area contributed by atoms with Gasteiger partial charge in [-0.15, -0.1) is 0 Å². The molecule has 1 N–H and O–H groups in total. The molecule has 26 heavy (non-hydrogen) atoms. The molecule has 0 fully saturated rings. The fourth-order valence-electron chi connectivity index (χ4n) is 2.43. The minimum atomic E-state index is -0.334. The Hall–Kier alpha value is -2.73. The van der Waals surface area contributed by atoms with E-state index in [1.54, 1.807) is 12.1 Å². The Morgan fingerprint density at radius 1 is 1.08 bits per heavy atom. The Balaban J connectivity index is 1.69. The van der Waals surface area contributed by atoms with Gasteiger partial charge < -0.3 is 5.32 Å². The predicted molar refractivity (Wildman–Crippen MR) is 103 cm³/mol. The van der Waals surface area contributed by atoms with Crippen molar-refractivity contribution in [3.05, 3.63) is 71.7 Å². The molecule has 0 spiro atoms. The number of halogens is 1. The van der Waals surface area contributed by atoms with Crippen LogP contribution in [0, 0.1) is 19.7 Å². The molecular weight excluding hydrogens is 349 g/mol. The maximum absolute atomic E-state index is 13.4. The molecule has 0 aliphatic heterocycles. The molecule has 0 saturated carbocycles. The van der Waals surface area contributed by atoms with Gasteiger partial charge in [-0.25, -0.2) is 14.4 Å². The van der Waals surface area contributed by atoms with Crippen LogP contribution >= 0.6 is 11.8 Å². The summed E-state index contributed by atoms with van der Waals surface area (Å²) in [5, 5.41) is 3.55. The van der Waals surface area contributed by atoms with Gasteiger partial charge in [0.1, 0.15) is 10.8 Å². The molecule has 3 rings (SSSR count). The zero-order valence-electron chi connectivity index (χ0n) is 14.5. The molecule has 4 nitrogen and oxygen atoms in total.